The lowest BCUT2D eigenvalue weighted by molar-refractivity contribution is -0.146. The van der Waals surface area contributed by atoms with Crippen LogP contribution in [0.5, 0.6) is 0 Å². The molecule has 20 heavy (non-hydrogen) atoms. The molecule has 0 bridgehead atoms. The van der Waals surface area contributed by atoms with Gasteiger partial charge in [0.05, 0.1) is 4.47 Å². The number of Topliss-reactive ketones (excluding diaryl/α,β-unsaturated/α-hetero) is 1. The Morgan fingerprint density at radius 2 is 2.30 bits per heavy atom. The van der Waals surface area contributed by atoms with Crippen LogP contribution in [-0.4, -0.2) is 18.5 Å². The lowest BCUT2D eigenvalue weighted by Crippen LogP contribution is -2.45. The minimum Gasteiger partial charge on any atom is -0.370 e. The Labute approximate surface area is 127 Å². The second-order valence-electron chi connectivity index (χ2n) is 5.75. The molecule has 0 amide bonds. The van der Waals surface area contributed by atoms with Gasteiger partial charge >= 0.3 is 0 Å². The Morgan fingerprint density at radius 1 is 1.55 bits per heavy atom. The topological polar surface area (TPSA) is 26.3 Å². The van der Waals surface area contributed by atoms with Crippen LogP contribution in [0.2, 0.25) is 0 Å². The van der Waals surface area contributed by atoms with E-state index in [-0.39, 0.29) is 11.6 Å². The van der Waals surface area contributed by atoms with Crippen molar-refractivity contribution in [3.8, 4) is 0 Å². The molecule has 0 saturated heterocycles. The minimum absolute atomic E-state index is 0.102. The number of carbonyl (C=O) groups excluding carboxylic acids is 1. The largest absolute Gasteiger partial charge is 0.370 e. The fourth-order valence-corrected chi connectivity index (χ4v) is 3.48. The molecule has 0 spiro atoms. The second kappa shape index (κ2) is 6.35. The van der Waals surface area contributed by atoms with Gasteiger partial charge in [0.2, 0.25) is 0 Å². The van der Waals surface area contributed by atoms with E-state index in [4.69, 9.17) is 4.74 Å². The molecule has 1 saturated carbocycles. The summed E-state index contributed by atoms with van der Waals surface area (Å²) >= 11 is 3.15. The summed E-state index contributed by atoms with van der Waals surface area (Å²) in [5.74, 6) is 0.298. The van der Waals surface area contributed by atoms with Crippen LogP contribution in [0.1, 0.15) is 38.2 Å². The molecule has 0 radical (unpaired) electrons. The van der Waals surface area contributed by atoms with E-state index < -0.39 is 5.60 Å². The van der Waals surface area contributed by atoms with E-state index in [1.807, 2.05) is 0 Å². The van der Waals surface area contributed by atoms with Crippen molar-refractivity contribution < 1.29 is 13.9 Å². The Balaban J connectivity index is 2.14. The highest BCUT2D eigenvalue weighted by Gasteiger charge is 2.41. The lowest BCUT2D eigenvalue weighted by atomic mass is 9.75. The van der Waals surface area contributed by atoms with E-state index in [0.717, 1.165) is 31.2 Å². The van der Waals surface area contributed by atoms with Crippen molar-refractivity contribution in [1.82, 2.24) is 0 Å². The molecular formula is C16H20BrFO2. The molecule has 0 N–H and O–H groups in total. The Morgan fingerprint density at radius 3 is 2.90 bits per heavy atom. The van der Waals surface area contributed by atoms with Gasteiger partial charge in [-0.1, -0.05) is 19.4 Å². The van der Waals surface area contributed by atoms with Gasteiger partial charge in [-0.2, -0.15) is 0 Å². The fourth-order valence-electron chi connectivity index (χ4n) is 3.05. The van der Waals surface area contributed by atoms with Crippen molar-refractivity contribution in [2.75, 3.05) is 7.11 Å². The molecule has 4 heteroatoms. The minimum atomic E-state index is -0.654. The first-order chi connectivity index (χ1) is 9.47. The predicted octanol–water partition coefficient (Wildman–Crippen LogP) is 4.30. The Bertz CT molecular complexity index is 503. The number of rotatable bonds is 4. The van der Waals surface area contributed by atoms with Crippen LogP contribution in [-0.2, 0) is 16.0 Å². The Kier molecular flexibility index (Phi) is 4.97. The number of ketones is 1. The van der Waals surface area contributed by atoms with Gasteiger partial charge in [0.15, 0.2) is 5.78 Å². The van der Waals surface area contributed by atoms with Crippen molar-refractivity contribution in [3.05, 3.63) is 34.1 Å². The highest BCUT2D eigenvalue weighted by molar-refractivity contribution is 9.10. The number of halogens is 2. The van der Waals surface area contributed by atoms with Crippen LogP contribution in [0.3, 0.4) is 0 Å². The number of hydrogen-bond acceptors (Lipinski definition) is 2. The highest BCUT2D eigenvalue weighted by atomic mass is 79.9. The van der Waals surface area contributed by atoms with Crippen molar-refractivity contribution in [2.24, 2.45) is 5.92 Å². The van der Waals surface area contributed by atoms with Crippen molar-refractivity contribution >= 4 is 21.7 Å². The second-order valence-corrected chi connectivity index (χ2v) is 6.60. The van der Waals surface area contributed by atoms with Crippen LogP contribution >= 0.6 is 15.9 Å². The quantitative estimate of drug-likeness (QED) is 0.815. The predicted molar refractivity (Wildman–Crippen MR) is 80.2 cm³/mol. The summed E-state index contributed by atoms with van der Waals surface area (Å²) in [6, 6.07) is 4.71. The monoisotopic (exact) mass is 342 g/mol. The van der Waals surface area contributed by atoms with Gasteiger partial charge < -0.3 is 4.74 Å². The summed E-state index contributed by atoms with van der Waals surface area (Å²) in [7, 11) is 1.62. The molecule has 2 nitrogen and oxygen atoms in total. The first-order valence-corrected chi connectivity index (χ1v) is 7.78. The average Bonchev–Trinajstić information content (AvgIpc) is 2.42. The summed E-state index contributed by atoms with van der Waals surface area (Å²) in [4.78, 5) is 12.6. The highest BCUT2D eigenvalue weighted by Crippen LogP contribution is 2.36. The maximum atomic E-state index is 13.2. The number of hydrogen-bond donors (Lipinski definition) is 0. The van der Waals surface area contributed by atoms with E-state index in [1.165, 1.54) is 6.07 Å². The number of benzene rings is 1. The van der Waals surface area contributed by atoms with Gasteiger partial charge in [-0.3, -0.25) is 4.79 Å². The average molecular weight is 343 g/mol. The molecule has 1 aliphatic rings. The van der Waals surface area contributed by atoms with Crippen LogP contribution in [0.25, 0.3) is 0 Å². The maximum Gasteiger partial charge on any atom is 0.168 e. The van der Waals surface area contributed by atoms with Gasteiger partial charge in [-0.05, 0) is 58.8 Å². The molecule has 1 fully saturated rings. The van der Waals surface area contributed by atoms with E-state index in [1.54, 1.807) is 19.2 Å². The third-order valence-electron chi connectivity index (χ3n) is 4.20. The molecule has 0 aromatic heterocycles. The molecule has 2 atom stereocenters. The molecule has 1 aromatic carbocycles. The van der Waals surface area contributed by atoms with E-state index >= 15 is 0 Å². The summed E-state index contributed by atoms with van der Waals surface area (Å²) in [6.45, 7) is 2.16. The lowest BCUT2D eigenvalue weighted by Gasteiger charge is -2.37. The molecule has 1 aliphatic carbocycles. The zero-order valence-corrected chi connectivity index (χ0v) is 13.5. The molecule has 1 aromatic rings. The van der Waals surface area contributed by atoms with E-state index in [2.05, 4.69) is 22.9 Å². The van der Waals surface area contributed by atoms with Gasteiger partial charge in [-0.25, -0.2) is 4.39 Å². The van der Waals surface area contributed by atoms with Crippen LogP contribution in [0, 0.1) is 11.7 Å². The smallest absolute Gasteiger partial charge is 0.168 e. The first kappa shape index (κ1) is 15.6. The summed E-state index contributed by atoms with van der Waals surface area (Å²) in [5, 5.41) is 0. The first-order valence-electron chi connectivity index (χ1n) is 6.99. The Hall–Kier alpha value is -0.740. The third kappa shape index (κ3) is 3.29. The summed E-state index contributed by atoms with van der Waals surface area (Å²) in [6.07, 6.45) is 4.04. The molecule has 0 aliphatic heterocycles. The van der Waals surface area contributed by atoms with Crippen LogP contribution in [0.4, 0.5) is 4.39 Å². The van der Waals surface area contributed by atoms with Crippen LogP contribution in [0.15, 0.2) is 22.7 Å². The van der Waals surface area contributed by atoms with Crippen molar-refractivity contribution in [3.63, 3.8) is 0 Å². The number of methoxy groups -OCH3 is 1. The molecule has 0 heterocycles. The molecule has 2 unspecified atom stereocenters. The number of carbonyl (C=O) groups is 1. The fraction of sp³-hybridized carbons (Fsp3) is 0.562. The number of ether oxygens (including phenoxy) is 1. The standard InChI is InChI=1S/C16H20BrFO2/c1-11-4-3-7-16(10-11,20-2)15(19)9-12-5-6-14(18)13(17)8-12/h5-6,8,11H,3-4,7,9-10H2,1-2H3. The van der Waals surface area contributed by atoms with E-state index in [0.29, 0.717) is 16.8 Å². The normalized spacial score (nSPS) is 26.5. The van der Waals surface area contributed by atoms with Gasteiger partial charge in [0.25, 0.3) is 0 Å². The van der Waals surface area contributed by atoms with E-state index in [9.17, 15) is 9.18 Å². The van der Waals surface area contributed by atoms with Gasteiger partial charge in [-0.15, -0.1) is 0 Å². The molecular weight excluding hydrogens is 323 g/mol. The van der Waals surface area contributed by atoms with Crippen molar-refractivity contribution in [1.29, 1.82) is 0 Å². The van der Waals surface area contributed by atoms with Gasteiger partial charge in [0, 0.05) is 13.5 Å². The maximum absolute atomic E-state index is 13.2. The molecule has 2 rings (SSSR count). The zero-order valence-electron chi connectivity index (χ0n) is 11.9. The summed E-state index contributed by atoms with van der Waals surface area (Å²) in [5.41, 5.74) is 0.163. The van der Waals surface area contributed by atoms with Gasteiger partial charge in [0.1, 0.15) is 11.4 Å². The zero-order chi connectivity index (χ0) is 14.8. The third-order valence-corrected chi connectivity index (χ3v) is 4.81. The van der Waals surface area contributed by atoms with Crippen molar-refractivity contribution in [2.45, 2.75) is 44.6 Å². The SMILES string of the molecule is COC1(C(=O)Cc2ccc(F)c(Br)c2)CCCC(C)C1. The summed E-state index contributed by atoms with van der Waals surface area (Å²) < 4.78 is 19.2. The molecule has 110 valence electrons. The van der Waals surface area contributed by atoms with Crippen LogP contribution < -0.4 is 0 Å².